The molecule has 0 saturated carbocycles. The number of anilines is 2. The van der Waals surface area contributed by atoms with E-state index in [0.29, 0.717) is 15.8 Å². The van der Waals surface area contributed by atoms with Gasteiger partial charge in [0.25, 0.3) is 5.91 Å². The number of benzene rings is 1. The largest absolute Gasteiger partial charge is 0.476 e. The molecule has 156 valence electrons. The second kappa shape index (κ2) is 8.55. The first kappa shape index (κ1) is 21.3. The summed E-state index contributed by atoms with van der Waals surface area (Å²) in [6.45, 7) is 1.68. The second-order valence-corrected chi connectivity index (χ2v) is 10.2. The third kappa shape index (κ3) is 5.16. The highest BCUT2D eigenvalue weighted by atomic mass is 32.2. The SMILES string of the molecule is COC(=O)CSc1nnc(NC(=O)[C@@H]2CN(S(C)(=O)=O)c3cc(C)ccc3O2)s1. The number of esters is 1. The van der Waals surface area contributed by atoms with Crippen molar-refractivity contribution in [1.82, 2.24) is 10.2 Å². The number of fused-ring (bicyclic) bond motifs is 1. The smallest absolute Gasteiger partial charge is 0.316 e. The quantitative estimate of drug-likeness (QED) is 0.387. The van der Waals surface area contributed by atoms with Crippen LogP contribution in [0, 0.1) is 6.92 Å². The first-order valence-corrected chi connectivity index (χ1v) is 11.9. The van der Waals surface area contributed by atoms with E-state index in [2.05, 4.69) is 20.3 Å². The first-order chi connectivity index (χ1) is 13.7. The maximum absolute atomic E-state index is 12.6. The summed E-state index contributed by atoms with van der Waals surface area (Å²) in [4.78, 5) is 23.8. The van der Waals surface area contributed by atoms with Crippen molar-refractivity contribution in [1.29, 1.82) is 0 Å². The standard InChI is InChI=1S/C16H18N4O6S3/c1-9-4-5-11-10(6-9)20(29(3,23)24)7-12(26-11)14(22)17-15-18-19-16(28-15)27-8-13(21)25-2/h4-6,12H,7-8H2,1-3H3,(H,17,18,22)/t12-/m0/s1. The summed E-state index contributed by atoms with van der Waals surface area (Å²) in [6, 6.07) is 5.10. The van der Waals surface area contributed by atoms with E-state index in [-0.39, 0.29) is 17.4 Å². The molecule has 0 fully saturated rings. The van der Waals surface area contributed by atoms with Crippen molar-refractivity contribution in [3.05, 3.63) is 23.8 Å². The zero-order valence-corrected chi connectivity index (χ0v) is 18.2. The number of ether oxygens (including phenoxy) is 2. The molecule has 10 nitrogen and oxygen atoms in total. The molecular formula is C16H18N4O6S3. The number of nitrogens with zero attached hydrogens (tertiary/aromatic N) is 3. The van der Waals surface area contributed by atoms with Gasteiger partial charge in [0.15, 0.2) is 10.4 Å². The lowest BCUT2D eigenvalue weighted by atomic mass is 10.1. The number of carbonyl (C=O) groups is 2. The zero-order chi connectivity index (χ0) is 21.2. The lowest BCUT2D eigenvalue weighted by molar-refractivity contribution is -0.137. The summed E-state index contributed by atoms with van der Waals surface area (Å²) >= 11 is 2.22. The number of sulfonamides is 1. The van der Waals surface area contributed by atoms with Crippen LogP contribution in [-0.4, -0.2) is 62.3 Å². The third-order valence-corrected chi connectivity index (χ3v) is 6.95. The predicted octanol–water partition coefficient (Wildman–Crippen LogP) is 1.28. The van der Waals surface area contributed by atoms with Crippen molar-refractivity contribution in [2.24, 2.45) is 0 Å². The van der Waals surface area contributed by atoms with Gasteiger partial charge in [-0.05, 0) is 24.6 Å². The zero-order valence-electron chi connectivity index (χ0n) is 15.7. The Kier molecular flexibility index (Phi) is 6.29. The molecule has 0 aliphatic carbocycles. The van der Waals surface area contributed by atoms with Gasteiger partial charge in [-0.25, -0.2) is 8.42 Å². The maximum atomic E-state index is 12.6. The topological polar surface area (TPSA) is 128 Å². The van der Waals surface area contributed by atoms with Gasteiger partial charge in [-0.1, -0.05) is 29.2 Å². The van der Waals surface area contributed by atoms with Crippen LogP contribution in [0.25, 0.3) is 0 Å². The van der Waals surface area contributed by atoms with Gasteiger partial charge in [0.1, 0.15) is 5.75 Å². The number of aromatic nitrogens is 2. The molecule has 13 heteroatoms. The molecule has 1 aromatic carbocycles. The van der Waals surface area contributed by atoms with Crippen molar-refractivity contribution >= 4 is 55.8 Å². The van der Waals surface area contributed by atoms with Crippen LogP contribution in [0.3, 0.4) is 0 Å². The van der Waals surface area contributed by atoms with E-state index in [1.54, 1.807) is 18.2 Å². The summed E-state index contributed by atoms with van der Waals surface area (Å²) in [5, 5.41) is 10.5. The molecule has 0 spiro atoms. The fraction of sp³-hybridized carbons (Fsp3) is 0.375. The van der Waals surface area contributed by atoms with Crippen LogP contribution in [0.15, 0.2) is 22.5 Å². The van der Waals surface area contributed by atoms with Gasteiger partial charge < -0.3 is 9.47 Å². The Morgan fingerprint density at radius 3 is 2.86 bits per heavy atom. The minimum absolute atomic E-state index is 0.0737. The van der Waals surface area contributed by atoms with Gasteiger partial charge in [0, 0.05) is 0 Å². The average Bonchev–Trinajstić information content (AvgIpc) is 3.11. The maximum Gasteiger partial charge on any atom is 0.316 e. The Balaban J connectivity index is 1.72. The second-order valence-electron chi connectivity index (χ2n) is 6.10. The van der Waals surface area contributed by atoms with E-state index in [4.69, 9.17) is 4.74 Å². The average molecular weight is 459 g/mol. The fourth-order valence-corrected chi connectivity index (χ4v) is 4.99. The van der Waals surface area contributed by atoms with Crippen LogP contribution in [0.1, 0.15) is 5.56 Å². The van der Waals surface area contributed by atoms with Gasteiger partial charge >= 0.3 is 5.97 Å². The third-order valence-electron chi connectivity index (χ3n) is 3.85. The molecule has 1 aliphatic rings. The predicted molar refractivity (Wildman–Crippen MR) is 109 cm³/mol. The first-order valence-electron chi connectivity index (χ1n) is 8.26. The molecule has 3 rings (SSSR count). The Morgan fingerprint density at radius 1 is 1.41 bits per heavy atom. The van der Waals surface area contributed by atoms with Crippen LogP contribution in [0.4, 0.5) is 10.8 Å². The number of nitrogens with one attached hydrogen (secondary N) is 1. The van der Waals surface area contributed by atoms with E-state index in [1.165, 1.54) is 7.11 Å². The Hall–Kier alpha value is -2.38. The monoisotopic (exact) mass is 458 g/mol. The molecule has 1 N–H and O–H groups in total. The molecule has 0 unspecified atom stereocenters. The minimum Gasteiger partial charge on any atom is -0.476 e. The highest BCUT2D eigenvalue weighted by Crippen LogP contribution is 2.36. The number of amides is 1. The van der Waals surface area contributed by atoms with Crippen LogP contribution in [0.2, 0.25) is 0 Å². The van der Waals surface area contributed by atoms with Crippen molar-refractivity contribution in [3.63, 3.8) is 0 Å². The number of carbonyl (C=O) groups excluding carboxylic acids is 2. The van der Waals surface area contributed by atoms with E-state index < -0.39 is 28.0 Å². The summed E-state index contributed by atoms with van der Waals surface area (Å²) in [5.41, 5.74) is 1.27. The molecule has 29 heavy (non-hydrogen) atoms. The fourth-order valence-electron chi connectivity index (χ4n) is 2.50. The van der Waals surface area contributed by atoms with Crippen molar-refractivity contribution < 1.29 is 27.5 Å². The van der Waals surface area contributed by atoms with Crippen LogP contribution in [-0.2, 0) is 24.3 Å². The van der Waals surface area contributed by atoms with Crippen molar-refractivity contribution in [2.45, 2.75) is 17.4 Å². The molecule has 1 aliphatic heterocycles. The normalized spacial score (nSPS) is 16.0. The summed E-state index contributed by atoms with van der Waals surface area (Å²) in [7, 11) is -2.32. The van der Waals surface area contributed by atoms with Crippen LogP contribution < -0.4 is 14.4 Å². The van der Waals surface area contributed by atoms with Gasteiger partial charge in [-0.2, -0.15) is 0 Å². The molecule has 2 heterocycles. The van der Waals surface area contributed by atoms with Gasteiger partial charge in [-0.3, -0.25) is 19.2 Å². The number of methoxy groups -OCH3 is 1. The number of hydrogen-bond donors (Lipinski definition) is 1. The molecule has 0 saturated heterocycles. The summed E-state index contributed by atoms with van der Waals surface area (Å²) in [5.74, 6) is -0.574. The number of aryl methyl sites for hydroxylation is 1. The molecule has 1 amide bonds. The van der Waals surface area contributed by atoms with Crippen LogP contribution in [0.5, 0.6) is 5.75 Å². The molecule has 1 aromatic heterocycles. The number of thioether (sulfide) groups is 1. The minimum atomic E-state index is -3.61. The Bertz CT molecular complexity index is 1040. The Morgan fingerprint density at radius 2 is 2.17 bits per heavy atom. The van der Waals surface area contributed by atoms with Crippen LogP contribution >= 0.6 is 23.1 Å². The number of hydrogen-bond acceptors (Lipinski definition) is 10. The molecule has 0 radical (unpaired) electrons. The number of rotatable bonds is 6. The van der Waals surface area contributed by atoms with E-state index in [0.717, 1.165) is 39.2 Å². The molecular weight excluding hydrogens is 440 g/mol. The molecule has 2 aromatic rings. The van der Waals surface area contributed by atoms with Gasteiger partial charge in [-0.15, -0.1) is 10.2 Å². The highest BCUT2D eigenvalue weighted by Gasteiger charge is 2.35. The van der Waals surface area contributed by atoms with E-state index >= 15 is 0 Å². The lowest BCUT2D eigenvalue weighted by Crippen LogP contribution is -2.48. The highest BCUT2D eigenvalue weighted by molar-refractivity contribution is 8.01. The molecule has 0 bridgehead atoms. The lowest BCUT2D eigenvalue weighted by Gasteiger charge is -2.34. The van der Waals surface area contributed by atoms with Crippen molar-refractivity contribution in [2.75, 3.05) is 35.3 Å². The van der Waals surface area contributed by atoms with Gasteiger partial charge in [0.2, 0.25) is 15.2 Å². The summed E-state index contributed by atoms with van der Waals surface area (Å²) < 4.78 is 36.3. The van der Waals surface area contributed by atoms with E-state index in [9.17, 15) is 18.0 Å². The van der Waals surface area contributed by atoms with Crippen molar-refractivity contribution in [3.8, 4) is 5.75 Å². The molecule has 1 atom stereocenters. The van der Waals surface area contributed by atoms with Gasteiger partial charge in [0.05, 0.1) is 31.4 Å². The van der Waals surface area contributed by atoms with E-state index in [1.807, 2.05) is 6.92 Å². The Labute approximate surface area is 175 Å². The summed E-state index contributed by atoms with van der Waals surface area (Å²) in [6.07, 6.45) is 0.0181.